The first-order chi connectivity index (χ1) is 8.63. The van der Waals surface area contributed by atoms with Gasteiger partial charge >= 0.3 is 0 Å². The van der Waals surface area contributed by atoms with Gasteiger partial charge in [0, 0.05) is 24.7 Å². The maximum absolute atomic E-state index is 12.5. The Morgan fingerprint density at radius 3 is 2.79 bits per heavy atom. The SMILES string of the molecule is CNC1CCCN(C(=O)c2cccc(C)c2C)C1.Cl. The average Bonchev–Trinajstić information content (AvgIpc) is 2.41. The van der Waals surface area contributed by atoms with Crippen LogP contribution in [-0.2, 0) is 0 Å². The molecular weight excluding hydrogens is 260 g/mol. The summed E-state index contributed by atoms with van der Waals surface area (Å²) in [5.74, 6) is 0.177. The Morgan fingerprint density at radius 2 is 2.11 bits per heavy atom. The number of carbonyl (C=O) groups excluding carboxylic acids is 1. The van der Waals surface area contributed by atoms with E-state index in [1.807, 2.05) is 31.0 Å². The molecule has 0 radical (unpaired) electrons. The molecule has 4 heteroatoms. The van der Waals surface area contributed by atoms with E-state index in [4.69, 9.17) is 0 Å². The number of halogens is 1. The van der Waals surface area contributed by atoms with Gasteiger partial charge in [0.05, 0.1) is 0 Å². The summed E-state index contributed by atoms with van der Waals surface area (Å²) in [6.45, 7) is 5.79. The Labute approximate surface area is 121 Å². The van der Waals surface area contributed by atoms with Gasteiger partial charge in [-0.2, -0.15) is 0 Å². The molecule has 2 rings (SSSR count). The standard InChI is InChI=1S/C15H22N2O.ClH/c1-11-6-4-8-14(12(11)2)15(18)17-9-5-7-13(10-17)16-3;/h4,6,8,13,16H,5,7,9-10H2,1-3H3;1H. The summed E-state index contributed by atoms with van der Waals surface area (Å²) in [6, 6.07) is 6.40. The molecule has 0 aliphatic carbocycles. The average molecular weight is 283 g/mol. The van der Waals surface area contributed by atoms with Crippen molar-refractivity contribution in [2.45, 2.75) is 32.7 Å². The third kappa shape index (κ3) is 3.48. The minimum Gasteiger partial charge on any atom is -0.337 e. The van der Waals surface area contributed by atoms with Crippen LogP contribution >= 0.6 is 12.4 Å². The smallest absolute Gasteiger partial charge is 0.254 e. The van der Waals surface area contributed by atoms with E-state index in [2.05, 4.69) is 18.3 Å². The number of likely N-dealkylation sites (tertiary alicyclic amines) is 1. The molecule has 0 bridgehead atoms. The molecule has 106 valence electrons. The minimum absolute atomic E-state index is 0. The second-order valence-corrected chi connectivity index (χ2v) is 5.13. The van der Waals surface area contributed by atoms with Crippen LogP contribution in [-0.4, -0.2) is 37.0 Å². The van der Waals surface area contributed by atoms with Gasteiger partial charge in [-0.05, 0) is 50.9 Å². The molecule has 1 heterocycles. The van der Waals surface area contributed by atoms with Crippen LogP contribution in [0, 0.1) is 13.8 Å². The summed E-state index contributed by atoms with van der Waals surface area (Å²) >= 11 is 0. The lowest BCUT2D eigenvalue weighted by Gasteiger charge is -2.33. The Hall–Kier alpha value is -1.06. The van der Waals surface area contributed by atoms with Gasteiger partial charge in [0.25, 0.3) is 5.91 Å². The number of aryl methyl sites for hydroxylation is 1. The van der Waals surface area contributed by atoms with E-state index in [1.165, 1.54) is 5.56 Å². The molecule has 19 heavy (non-hydrogen) atoms. The van der Waals surface area contributed by atoms with Crippen LogP contribution in [0.5, 0.6) is 0 Å². The van der Waals surface area contributed by atoms with Crippen LogP contribution in [0.25, 0.3) is 0 Å². The molecule has 1 aliphatic heterocycles. The molecular formula is C15H23ClN2O. The lowest BCUT2D eigenvalue weighted by atomic mass is 10.00. The van der Waals surface area contributed by atoms with Crippen LogP contribution < -0.4 is 5.32 Å². The van der Waals surface area contributed by atoms with E-state index < -0.39 is 0 Å². The van der Waals surface area contributed by atoms with Crippen LogP contribution in [0.4, 0.5) is 0 Å². The molecule has 1 aromatic carbocycles. The number of carbonyl (C=O) groups is 1. The van der Waals surface area contributed by atoms with Gasteiger partial charge in [0.2, 0.25) is 0 Å². The number of amides is 1. The number of hydrogen-bond acceptors (Lipinski definition) is 2. The second-order valence-electron chi connectivity index (χ2n) is 5.13. The summed E-state index contributed by atoms with van der Waals surface area (Å²) in [4.78, 5) is 14.5. The number of piperidine rings is 1. The fourth-order valence-corrected chi connectivity index (χ4v) is 2.55. The van der Waals surface area contributed by atoms with Crippen molar-refractivity contribution in [1.82, 2.24) is 10.2 Å². The topological polar surface area (TPSA) is 32.3 Å². The van der Waals surface area contributed by atoms with Crippen molar-refractivity contribution in [1.29, 1.82) is 0 Å². The van der Waals surface area contributed by atoms with E-state index in [9.17, 15) is 4.79 Å². The van der Waals surface area contributed by atoms with E-state index in [0.717, 1.165) is 37.1 Å². The van der Waals surface area contributed by atoms with E-state index in [1.54, 1.807) is 0 Å². The maximum Gasteiger partial charge on any atom is 0.254 e. The van der Waals surface area contributed by atoms with Crippen LogP contribution in [0.1, 0.15) is 34.3 Å². The Kier molecular flexibility index (Phi) is 5.83. The van der Waals surface area contributed by atoms with Crippen molar-refractivity contribution in [3.05, 3.63) is 34.9 Å². The van der Waals surface area contributed by atoms with Crippen LogP contribution in [0.3, 0.4) is 0 Å². The molecule has 3 nitrogen and oxygen atoms in total. The van der Waals surface area contributed by atoms with Gasteiger partial charge in [-0.25, -0.2) is 0 Å². The number of rotatable bonds is 2. The highest BCUT2D eigenvalue weighted by Gasteiger charge is 2.24. The number of nitrogens with zero attached hydrogens (tertiary/aromatic N) is 1. The summed E-state index contributed by atoms with van der Waals surface area (Å²) in [6.07, 6.45) is 2.25. The van der Waals surface area contributed by atoms with Gasteiger partial charge in [-0.15, -0.1) is 12.4 Å². The van der Waals surface area contributed by atoms with E-state index >= 15 is 0 Å². The molecule has 1 unspecified atom stereocenters. The van der Waals surface area contributed by atoms with Crippen LogP contribution in [0.2, 0.25) is 0 Å². The molecule has 1 N–H and O–H groups in total. The Bertz CT molecular complexity index is 448. The molecule has 0 saturated carbocycles. The fourth-order valence-electron chi connectivity index (χ4n) is 2.55. The highest BCUT2D eigenvalue weighted by Crippen LogP contribution is 2.18. The molecule has 0 spiro atoms. The zero-order chi connectivity index (χ0) is 13.1. The highest BCUT2D eigenvalue weighted by atomic mass is 35.5. The van der Waals surface area contributed by atoms with Crippen molar-refractivity contribution in [3.63, 3.8) is 0 Å². The summed E-state index contributed by atoms with van der Waals surface area (Å²) in [5.41, 5.74) is 3.14. The molecule has 1 fully saturated rings. The molecule has 1 amide bonds. The van der Waals surface area contributed by atoms with Crippen molar-refractivity contribution in [2.24, 2.45) is 0 Å². The third-order valence-electron chi connectivity index (χ3n) is 3.95. The van der Waals surface area contributed by atoms with Gasteiger partial charge in [-0.1, -0.05) is 12.1 Å². The summed E-state index contributed by atoms with van der Waals surface area (Å²) < 4.78 is 0. The fraction of sp³-hybridized carbons (Fsp3) is 0.533. The van der Waals surface area contributed by atoms with E-state index in [0.29, 0.717) is 6.04 Å². The lowest BCUT2D eigenvalue weighted by Crippen LogP contribution is -2.47. The molecule has 1 aliphatic rings. The van der Waals surface area contributed by atoms with Crippen LogP contribution in [0.15, 0.2) is 18.2 Å². The second kappa shape index (κ2) is 6.92. The van der Waals surface area contributed by atoms with Crippen molar-refractivity contribution >= 4 is 18.3 Å². The highest BCUT2D eigenvalue weighted by molar-refractivity contribution is 5.96. The van der Waals surface area contributed by atoms with Crippen molar-refractivity contribution in [3.8, 4) is 0 Å². The van der Waals surface area contributed by atoms with E-state index in [-0.39, 0.29) is 18.3 Å². The summed E-state index contributed by atoms with van der Waals surface area (Å²) in [7, 11) is 1.97. The first-order valence-corrected chi connectivity index (χ1v) is 6.66. The van der Waals surface area contributed by atoms with Gasteiger partial charge < -0.3 is 10.2 Å². The molecule has 0 aromatic heterocycles. The minimum atomic E-state index is 0. The lowest BCUT2D eigenvalue weighted by molar-refractivity contribution is 0.0697. The quantitative estimate of drug-likeness (QED) is 0.904. The largest absolute Gasteiger partial charge is 0.337 e. The predicted molar refractivity (Wildman–Crippen MR) is 81.1 cm³/mol. The third-order valence-corrected chi connectivity index (χ3v) is 3.95. The molecule has 1 aromatic rings. The normalized spacial score (nSPS) is 18.9. The van der Waals surface area contributed by atoms with Gasteiger partial charge in [0.15, 0.2) is 0 Å². The number of benzene rings is 1. The first-order valence-electron chi connectivity index (χ1n) is 6.66. The number of likely N-dealkylation sites (N-methyl/N-ethyl adjacent to an activating group) is 1. The number of nitrogens with one attached hydrogen (secondary N) is 1. The number of hydrogen-bond donors (Lipinski definition) is 1. The summed E-state index contributed by atoms with van der Waals surface area (Å²) in [5, 5.41) is 3.27. The van der Waals surface area contributed by atoms with Crippen molar-refractivity contribution in [2.75, 3.05) is 20.1 Å². The van der Waals surface area contributed by atoms with Gasteiger partial charge in [0.1, 0.15) is 0 Å². The van der Waals surface area contributed by atoms with Gasteiger partial charge in [-0.3, -0.25) is 4.79 Å². The maximum atomic E-state index is 12.5. The molecule has 1 saturated heterocycles. The first kappa shape index (κ1) is 16.0. The zero-order valence-corrected chi connectivity index (χ0v) is 12.7. The Morgan fingerprint density at radius 1 is 1.37 bits per heavy atom. The van der Waals surface area contributed by atoms with Crippen molar-refractivity contribution < 1.29 is 4.79 Å². The molecule has 1 atom stereocenters. The monoisotopic (exact) mass is 282 g/mol. The zero-order valence-electron chi connectivity index (χ0n) is 11.9. The Balaban J connectivity index is 0.00000180. The predicted octanol–water partition coefficient (Wildman–Crippen LogP) is 2.55.